The molecule has 0 aliphatic heterocycles. The minimum absolute atomic E-state index is 0.182. The van der Waals surface area contributed by atoms with E-state index in [-0.39, 0.29) is 6.04 Å². The van der Waals surface area contributed by atoms with Crippen LogP contribution in [0.5, 0.6) is 5.75 Å². The summed E-state index contributed by atoms with van der Waals surface area (Å²) < 4.78 is 8.92. The summed E-state index contributed by atoms with van der Waals surface area (Å²) in [6, 6.07) is 7.05. The van der Waals surface area contributed by atoms with Crippen molar-refractivity contribution in [2.75, 3.05) is 7.11 Å². The molecule has 0 saturated carbocycles. The molecular formula is C17H19ClN4O2. The second-order valence-corrected chi connectivity index (χ2v) is 6.06. The van der Waals surface area contributed by atoms with Crippen LogP contribution in [0.15, 0.2) is 42.9 Å². The Bertz CT molecular complexity index is 827. The van der Waals surface area contributed by atoms with Crippen molar-refractivity contribution in [1.29, 1.82) is 0 Å². The van der Waals surface area contributed by atoms with E-state index in [1.54, 1.807) is 35.7 Å². The third-order valence-electron chi connectivity index (χ3n) is 4.00. The van der Waals surface area contributed by atoms with Crippen LogP contribution in [0.4, 0.5) is 0 Å². The Hall–Kier alpha value is -2.31. The molecule has 24 heavy (non-hydrogen) atoms. The number of hydrogen-bond donors (Lipinski definition) is 1. The van der Waals surface area contributed by atoms with Crippen LogP contribution in [0, 0.1) is 0 Å². The SMILES string of the molecule is COc1ccc(Cl)cc1-c1nn([C@@H](C)[C@H](C)O)cc1-n1cccn1. The fourth-order valence-corrected chi connectivity index (χ4v) is 2.62. The molecular weight excluding hydrogens is 328 g/mol. The maximum atomic E-state index is 9.89. The van der Waals surface area contributed by atoms with Gasteiger partial charge in [0, 0.05) is 23.0 Å². The van der Waals surface area contributed by atoms with Crippen molar-refractivity contribution in [3.05, 3.63) is 47.9 Å². The molecule has 2 atom stereocenters. The van der Waals surface area contributed by atoms with E-state index in [1.165, 1.54) is 0 Å². The molecule has 2 aromatic heterocycles. The Morgan fingerprint density at radius 1 is 1.29 bits per heavy atom. The number of benzene rings is 1. The Balaban J connectivity index is 2.21. The molecule has 7 heteroatoms. The largest absolute Gasteiger partial charge is 0.496 e. The van der Waals surface area contributed by atoms with Crippen molar-refractivity contribution in [2.45, 2.75) is 26.0 Å². The summed E-state index contributed by atoms with van der Waals surface area (Å²) in [6.45, 7) is 3.64. The molecule has 0 fully saturated rings. The molecule has 126 valence electrons. The highest BCUT2D eigenvalue weighted by Gasteiger charge is 2.21. The summed E-state index contributed by atoms with van der Waals surface area (Å²) in [5.74, 6) is 0.669. The van der Waals surface area contributed by atoms with Crippen molar-refractivity contribution in [3.63, 3.8) is 0 Å². The first-order valence-corrected chi connectivity index (χ1v) is 8.00. The van der Waals surface area contributed by atoms with E-state index in [1.807, 2.05) is 37.5 Å². The van der Waals surface area contributed by atoms with Crippen LogP contribution in [-0.4, -0.2) is 37.9 Å². The summed E-state index contributed by atoms with van der Waals surface area (Å²) >= 11 is 6.17. The molecule has 0 radical (unpaired) electrons. The van der Waals surface area contributed by atoms with Gasteiger partial charge in [0.15, 0.2) is 0 Å². The number of aliphatic hydroxyl groups is 1. The maximum absolute atomic E-state index is 9.89. The van der Waals surface area contributed by atoms with Gasteiger partial charge in [-0.1, -0.05) is 11.6 Å². The lowest BCUT2D eigenvalue weighted by atomic mass is 10.1. The van der Waals surface area contributed by atoms with Gasteiger partial charge in [-0.25, -0.2) is 4.68 Å². The number of ether oxygens (including phenoxy) is 1. The molecule has 1 N–H and O–H groups in total. The van der Waals surface area contributed by atoms with Gasteiger partial charge in [-0.05, 0) is 38.1 Å². The first-order chi connectivity index (χ1) is 11.5. The standard InChI is InChI=1S/C17H19ClN4O2/c1-11(12(2)23)22-10-15(21-8-4-7-19-21)17(20-22)14-9-13(18)5-6-16(14)24-3/h4-12,23H,1-3H3/t11-,12-/m0/s1. The minimum Gasteiger partial charge on any atom is -0.496 e. The fraction of sp³-hybridized carbons (Fsp3) is 0.294. The van der Waals surface area contributed by atoms with E-state index in [0.717, 1.165) is 11.3 Å². The lowest BCUT2D eigenvalue weighted by Gasteiger charge is -2.14. The van der Waals surface area contributed by atoms with E-state index in [2.05, 4.69) is 10.2 Å². The molecule has 0 bridgehead atoms. The van der Waals surface area contributed by atoms with Crippen molar-refractivity contribution < 1.29 is 9.84 Å². The van der Waals surface area contributed by atoms with Gasteiger partial charge < -0.3 is 9.84 Å². The van der Waals surface area contributed by atoms with Crippen LogP contribution in [0.1, 0.15) is 19.9 Å². The molecule has 3 rings (SSSR count). The molecule has 0 spiro atoms. The quantitative estimate of drug-likeness (QED) is 0.769. The number of aromatic nitrogens is 4. The lowest BCUT2D eigenvalue weighted by Crippen LogP contribution is -2.18. The van der Waals surface area contributed by atoms with Crippen molar-refractivity contribution in [2.24, 2.45) is 0 Å². The average Bonchev–Trinajstić information content (AvgIpc) is 3.23. The molecule has 0 saturated heterocycles. The predicted molar refractivity (Wildman–Crippen MR) is 92.7 cm³/mol. The van der Waals surface area contributed by atoms with Gasteiger partial charge in [-0.3, -0.25) is 4.68 Å². The van der Waals surface area contributed by atoms with Gasteiger partial charge in [0.25, 0.3) is 0 Å². The smallest absolute Gasteiger partial charge is 0.128 e. The van der Waals surface area contributed by atoms with E-state index >= 15 is 0 Å². The molecule has 2 heterocycles. The van der Waals surface area contributed by atoms with Crippen LogP contribution in [0.2, 0.25) is 5.02 Å². The van der Waals surface area contributed by atoms with Crippen molar-refractivity contribution >= 4 is 11.6 Å². The normalized spacial score (nSPS) is 13.7. The number of aliphatic hydroxyl groups excluding tert-OH is 1. The molecule has 3 aromatic rings. The average molecular weight is 347 g/mol. The van der Waals surface area contributed by atoms with Crippen LogP contribution < -0.4 is 4.74 Å². The van der Waals surface area contributed by atoms with Crippen LogP contribution in [0.25, 0.3) is 16.9 Å². The minimum atomic E-state index is -0.538. The van der Waals surface area contributed by atoms with E-state index < -0.39 is 6.10 Å². The van der Waals surface area contributed by atoms with Gasteiger partial charge in [0.05, 0.1) is 25.5 Å². The summed E-state index contributed by atoms with van der Waals surface area (Å²) in [4.78, 5) is 0. The Morgan fingerprint density at radius 2 is 2.08 bits per heavy atom. The summed E-state index contributed by atoms with van der Waals surface area (Å²) in [6.07, 6.45) is 4.87. The number of rotatable bonds is 5. The zero-order chi connectivity index (χ0) is 17.3. The lowest BCUT2D eigenvalue weighted by molar-refractivity contribution is 0.132. The maximum Gasteiger partial charge on any atom is 0.128 e. The second-order valence-electron chi connectivity index (χ2n) is 5.62. The summed E-state index contributed by atoms with van der Waals surface area (Å²) in [5.41, 5.74) is 2.24. The van der Waals surface area contributed by atoms with E-state index in [9.17, 15) is 5.11 Å². The van der Waals surface area contributed by atoms with Gasteiger partial charge in [-0.2, -0.15) is 10.2 Å². The topological polar surface area (TPSA) is 65.1 Å². The van der Waals surface area contributed by atoms with Crippen LogP contribution in [0.3, 0.4) is 0 Å². The summed E-state index contributed by atoms with van der Waals surface area (Å²) in [5, 5.41) is 19.4. The number of nitrogens with zero attached hydrogens (tertiary/aromatic N) is 4. The Kier molecular flexibility index (Phi) is 4.59. The predicted octanol–water partition coefficient (Wildman–Crippen LogP) is 3.34. The van der Waals surface area contributed by atoms with Crippen molar-refractivity contribution in [3.8, 4) is 22.7 Å². The van der Waals surface area contributed by atoms with Gasteiger partial charge >= 0.3 is 0 Å². The number of hydrogen-bond acceptors (Lipinski definition) is 4. The Labute approximate surface area is 145 Å². The highest BCUT2D eigenvalue weighted by atomic mass is 35.5. The molecule has 1 aromatic carbocycles. The highest BCUT2D eigenvalue weighted by molar-refractivity contribution is 6.31. The monoisotopic (exact) mass is 346 g/mol. The van der Waals surface area contributed by atoms with Gasteiger partial charge in [-0.15, -0.1) is 0 Å². The highest BCUT2D eigenvalue weighted by Crippen LogP contribution is 2.35. The number of methoxy groups -OCH3 is 1. The van der Waals surface area contributed by atoms with Gasteiger partial charge in [0.2, 0.25) is 0 Å². The first-order valence-electron chi connectivity index (χ1n) is 7.62. The van der Waals surface area contributed by atoms with Crippen molar-refractivity contribution in [1.82, 2.24) is 19.6 Å². The van der Waals surface area contributed by atoms with Crippen LogP contribution in [-0.2, 0) is 0 Å². The molecule has 0 aliphatic carbocycles. The third kappa shape index (κ3) is 3.02. The zero-order valence-corrected chi connectivity index (χ0v) is 14.5. The molecule has 0 unspecified atom stereocenters. The second kappa shape index (κ2) is 6.67. The Morgan fingerprint density at radius 3 is 2.71 bits per heavy atom. The first kappa shape index (κ1) is 16.5. The van der Waals surface area contributed by atoms with E-state index in [0.29, 0.717) is 16.5 Å². The van der Waals surface area contributed by atoms with Gasteiger partial charge in [0.1, 0.15) is 17.1 Å². The third-order valence-corrected chi connectivity index (χ3v) is 4.23. The molecule has 0 aliphatic rings. The summed E-state index contributed by atoms with van der Waals surface area (Å²) in [7, 11) is 1.61. The van der Waals surface area contributed by atoms with Crippen LogP contribution >= 0.6 is 11.6 Å². The fourth-order valence-electron chi connectivity index (χ4n) is 2.45. The molecule has 6 nitrogen and oxygen atoms in total. The molecule has 0 amide bonds. The number of halogens is 1. The van der Waals surface area contributed by atoms with E-state index in [4.69, 9.17) is 16.3 Å². The zero-order valence-electron chi connectivity index (χ0n) is 13.7.